The highest BCUT2D eigenvalue weighted by atomic mass is 19.2. The molecule has 2 aliphatic rings. The summed E-state index contributed by atoms with van der Waals surface area (Å²) in [7, 11) is 0. The fourth-order valence-electron chi connectivity index (χ4n) is 5.29. The predicted molar refractivity (Wildman–Crippen MR) is 125 cm³/mol. The molecule has 0 bridgehead atoms. The van der Waals surface area contributed by atoms with Crippen molar-refractivity contribution in [3.63, 3.8) is 0 Å². The van der Waals surface area contributed by atoms with Gasteiger partial charge in [-0.3, -0.25) is 4.79 Å². The minimum Gasteiger partial charge on any atom is -0.363 e. The van der Waals surface area contributed by atoms with Crippen LogP contribution in [0.2, 0.25) is 0 Å². The van der Waals surface area contributed by atoms with Crippen LogP contribution < -0.4 is 0 Å². The van der Waals surface area contributed by atoms with Gasteiger partial charge in [-0.15, -0.1) is 0 Å². The van der Waals surface area contributed by atoms with Gasteiger partial charge in [0.25, 0.3) is 0 Å². The van der Waals surface area contributed by atoms with E-state index < -0.39 is 28.7 Å². The highest BCUT2D eigenvalue weighted by molar-refractivity contribution is 5.79. The average Bonchev–Trinajstić information content (AvgIpc) is 2.84. The molecule has 2 aliphatic heterocycles. The van der Waals surface area contributed by atoms with E-state index in [0.717, 1.165) is 56.6 Å². The number of nitrogens with zero attached hydrogens (tertiary/aromatic N) is 3. The molecule has 2 aromatic rings. The van der Waals surface area contributed by atoms with Crippen molar-refractivity contribution in [2.45, 2.75) is 50.2 Å². The molecule has 2 fully saturated rings. The van der Waals surface area contributed by atoms with Gasteiger partial charge in [0.1, 0.15) is 6.61 Å². The fraction of sp³-hybridized carbons (Fsp3) is 0.481. The minimum atomic E-state index is -0.931. The normalized spacial score (nSPS) is 22.4. The van der Waals surface area contributed by atoms with E-state index in [1.165, 1.54) is 6.07 Å². The maximum Gasteiger partial charge on any atom is 0.249 e. The Balaban J connectivity index is 1.40. The first-order valence-corrected chi connectivity index (χ1v) is 11.8. The Hall–Kier alpha value is -2.82. The first-order chi connectivity index (χ1) is 16.3. The summed E-state index contributed by atoms with van der Waals surface area (Å²) >= 11 is 0. The molecule has 2 saturated heterocycles. The van der Waals surface area contributed by atoms with Crippen LogP contribution in [-0.4, -0.2) is 54.1 Å². The monoisotopic (exact) mass is 467 g/mol. The van der Waals surface area contributed by atoms with Crippen LogP contribution in [0.3, 0.4) is 0 Å². The predicted octanol–water partition coefficient (Wildman–Crippen LogP) is 4.59. The van der Waals surface area contributed by atoms with Gasteiger partial charge < -0.3 is 14.5 Å². The maximum absolute atomic E-state index is 14.0. The Labute approximate surface area is 199 Å². The number of rotatable bonds is 6. The van der Waals surface area contributed by atoms with Gasteiger partial charge in [0.05, 0.1) is 23.1 Å². The van der Waals surface area contributed by atoms with Crippen molar-refractivity contribution in [1.29, 1.82) is 5.26 Å². The van der Waals surface area contributed by atoms with Gasteiger partial charge in [0.2, 0.25) is 5.91 Å². The standard InChI is InChI=1S/C27H31F2N3O2/c1-26(2)25(20-9-10-22(28)23(29)17-20)32(24(33)18-34-26)14-6-13-31-15-11-27(19-30,12-16-31)21-7-4-3-5-8-21/h3-5,7-10,17,25H,6,11-16,18H2,1-2H3. The van der Waals surface area contributed by atoms with E-state index in [9.17, 15) is 18.8 Å². The first-order valence-electron chi connectivity index (χ1n) is 11.8. The number of hydrogen-bond donors (Lipinski definition) is 0. The zero-order valence-corrected chi connectivity index (χ0v) is 19.8. The highest BCUT2D eigenvalue weighted by Crippen LogP contribution is 2.39. The molecule has 7 heteroatoms. The summed E-state index contributed by atoms with van der Waals surface area (Å²) in [6, 6.07) is 15.8. The van der Waals surface area contributed by atoms with Gasteiger partial charge in [0.15, 0.2) is 11.6 Å². The quantitative estimate of drug-likeness (QED) is 0.624. The number of carbonyl (C=O) groups is 1. The van der Waals surface area contributed by atoms with E-state index in [0.29, 0.717) is 12.1 Å². The lowest BCUT2D eigenvalue weighted by Gasteiger charge is -2.46. The van der Waals surface area contributed by atoms with Gasteiger partial charge in [-0.1, -0.05) is 36.4 Å². The number of nitriles is 1. The van der Waals surface area contributed by atoms with Crippen molar-refractivity contribution in [2.75, 3.05) is 32.8 Å². The number of piperidine rings is 1. The molecule has 0 radical (unpaired) electrons. The van der Waals surface area contributed by atoms with E-state index in [1.54, 1.807) is 4.90 Å². The van der Waals surface area contributed by atoms with Gasteiger partial charge in [-0.2, -0.15) is 5.26 Å². The molecule has 1 amide bonds. The summed E-state index contributed by atoms with van der Waals surface area (Å²) in [5.41, 5.74) is 0.426. The maximum atomic E-state index is 14.0. The SMILES string of the molecule is CC1(C)OCC(=O)N(CCCN2CCC(C#N)(c3ccccc3)CC2)C1c1ccc(F)c(F)c1. The lowest BCUT2D eigenvalue weighted by atomic mass is 9.74. The van der Waals surface area contributed by atoms with Crippen molar-refractivity contribution in [3.8, 4) is 6.07 Å². The third-order valence-corrected chi connectivity index (χ3v) is 7.24. The molecule has 0 aromatic heterocycles. The lowest BCUT2D eigenvalue weighted by Crippen LogP contribution is -2.54. The minimum absolute atomic E-state index is 0.0291. The first kappa shape index (κ1) is 24.3. The zero-order valence-electron chi connectivity index (χ0n) is 19.8. The van der Waals surface area contributed by atoms with Crippen molar-refractivity contribution in [1.82, 2.24) is 9.80 Å². The molecule has 0 N–H and O–H groups in total. The topological polar surface area (TPSA) is 56.6 Å². The molecule has 4 rings (SSSR count). The summed E-state index contributed by atoms with van der Waals surface area (Å²) in [5.74, 6) is -2.00. The second-order valence-electron chi connectivity index (χ2n) is 9.81. The Morgan fingerprint density at radius 1 is 1.06 bits per heavy atom. The van der Waals surface area contributed by atoms with Crippen molar-refractivity contribution < 1.29 is 18.3 Å². The van der Waals surface area contributed by atoms with Crippen LogP contribution in [-0.2, 0) is 14.9 Å². The van der Waals surface area contributed by atoms with Crippen LogP contribution in [0.4, 0.5) is 8.78 Å². The van der Waals surface area contributed by atoms with Crippen LogP contribution in [0.1, 0.15) is 50.3 Å². The van der Waals surface area contributed by atoms with Crippen LogP contribution in [0, 0.1) is 23.0 Å². The Bertz CT molecular complexity index is 1060. The van der Waals surface area contributed by atoms with Crippen molar-refractivity contribution in [2.24, 2.45) is 0 Å². The van der Waals surface area contributed by atoms with Crippen LogP contribution >= 0.6 is 0 Å². The van der Waals surface area contributed by atoms with Gasteiger partial charge in [0, 0.05) is 6.54 Å². The highest BCUT2D eigenvalue weighted by Gasteiger charge is 2.43. The molecule has 180 valence electrons. The number of ether oxygens (including phenoxy) is 1. The van der Waals surface area contributed by atoms with E-state index in [-0.39, 0.29) is 12.5 Å². The van der Waals surface area contributed by atoms with E-state index in [4.69, 9.17) is 4.74 Å². The van der Waals surface area contributed by atoms with Gasteiger partial charge in [-0.05, 0) is 76.0 Å². The number of amides is 1. The molecule has 34 heavy (non-hydrogen) atoms. The molecule has 5 nitrogen and oxygen atoms in total. The van der Waals surface area contributed by atoms with Crippen LogP contribution in [0.25, 0.3) is 0 Å². The lowest BCUT2D eigenvalue weighted by molar-refractivity contribution is -0.172. The number of morpholine rings is 1. The summed E-state index contributed by atoms with van der Waals surface area (Å²) in [5, 5.41) is 9.91. The Morgan fingerprint density at radius 2 is 1.76 bits per heavy atom. The second-order valence-corrected chi connectivity index (χ2v) is 9.81. The number of hydrogen-bond acceptors (Lipinski definition) is 4. The summed E-state index contributed by atoms with van der Waals surface area (Å²) in [6.07, 6.45) is 2.29. The molecule has 2 heterocycles. The second kappa shape index (κ2) is 9.81. The van der Waals surface area contributed by atoms with E-state index in [2.05, 4.69) is 11.0 Å². The largest absolute Gasteiger partial charge is 0.363 e. The molecule has 0 spiro atoms. The number of carbonyl (C=O) groups excluding carboxylic acids is 1. The zero-order chi connectivity index (χ0) is 24.3. The molecule has 2 aromatic carbocycles. The van der Waals surface area contributed by atoms with Crippen molar-refractivity contribution in [3.05, 3.63) is 71.3 Å². The number of benzene rings is 2. The average molecular weight is 468 g/mol. The molecule has 0 saturated carbocycles. The summed E-state index contributed by atoms with van der Waals surface area (Å²) in [4.78, 5) is 16.8. The van der Waals surface area contributed by atoms with Crippen molar-refractivity contribution >= 4 is 5.91 Å². The molecule has 1 unspecified atom stereocenters. The number of halogens is 2. The smallest absolute Gasteiger partial charge is 0.249 e. The van der Waals surface area contributed by atoms with Gasteiger partial charge >= 0.3 is 0 Å². The van der Waals surface area contributed by atoms with Gasteiger partial charge in [-0.25, -0.2) is 8.78 Å². The van der Waals surface area contributed by atoms with E-state index in [1.807, 2.05) is 44.2 Å². The fourth-order valence-corrected chi connectivity index (χ4v) is 5.29. The Kier molecular flexibility index (Phi) is 7.01. The molecule has 0 aliphatic carbocycles. The number of likely N-dealkylation sites (tertiary alicyclic amines) is 1. The van der Waals surface area contributed by atoms with Crippen LogP contribution in [0.5, 0.6) is 0 Å². The third-order valence-electron chi connectivity index (χ3n) is 7.24. The third kappa shape index (κ3) is 4.84. The summed E-state index contributed by atoms with van der Waals surface area (Å²) in [6.45, 7) is 6.63. The van der Waals surface area contributed by atoms with Crippen LogP contribution in [0.15, 0.2) is 48.5 Å². The van der Waals surface area contributed by atoms with E-state index >= 15 is 0 Å². The molecular formula is C27H31F2N3O2. The molecule has 1 atom stereocenters. The summed E-state index contributed by atoms with van der Waals surface area (Å²) < 4.78 is 33.3. The Morgan fingerprint density at radius 3 is 2.41 bits per heavy atom. The molecular weight excluding hydrogens is 436 g/mol.